The number of nitrogens with zero attached hydrogens (tertiary/aromatic N) is 2. The van der Waals surface area contributed by atoms with Crippen LogP contribution in [0, 0.1) is 0 Å². The van der Waals surface area contributed by atoms with Crippen LogP contribution in [0.4, 0.5) is 5.69 Å². The molecule has 0 amide bonds. The summed E-state index contributed by atoms with van der Waals surface area (Å²) in [6.07, 6.45) is 2.69. The monoisotopic (exact) mass is 327 g/mol. The molecule has 0 N–H and O–H groups in total. The molecule has 4 heteroatoms. The van der Waals surface area contributed by atoms with Gasteiger partial charge < -0.3 is 9.64 Å². The number of hydrogen-bond donors (Lipinski definition) is 0. The van der Waals surface area contributed by atoms with Gasteiger partial charge in [0.15, 0.2) is 17.4 Å². The van der Waals surface area contributed by atoms with Crippen LogP contribution in [-0.2, 0) is 14.9 Å². The number of benzene rings is 1. The van der Waals surface area contributed by atoms with Gasteiger partial charge in [-0.1, -0.05) is 25.1 Å². The molecule has 0 radical (unpaired) electrons. The van der Waals surface area contributed by atoms with Crippen molar-refractivity contribution in [1.29, 1.82) is 0 Å². The number of ether oxygens (including phenoxy) is 1. The number of ketones is 1. The fourth-order valence-corrected chi connectivity index (χ4v) is 3.59. The molecular weight excluding hydrogens is 300 g/mol. The molecule has 4 nitrogen and oxygen atoms in total. The Labute approximate surface area is 144 Å². The van der Waals surface area contributed by atoms with Gasteiger partial charge in [-0.25, -0.2) is 0 Å². The molecule has 1 aromatic rings. The fraction of sp³-hybridized carbons (Fsp3) is 0.500. The van der Waals surface area contributed by atoms with Gasteiger partial charge in [-0.15, -0.1) is 0 Å². The van der Waals surface area contributed by atoms with E-state index in [9.17, 15) is 4.79 Å². The highest BCUT2D eigenvalue weighted by atomic mass is 16.5. The predicted molar refractivity (Wildman–Crippen MR) is 95.8 cm³/mol. The van der Waals surface area contributed by atoms with E-state index in [1.165, 1.54) is 5.56 Å². The summed E-state index contributed by atoms with van der Waals surface area (Å²) in [6, 6.07) is 8.38. The van der Waals surface area contributed by atoms with Crippen LogP contribution >= 0.6 is 0 Å². The number of likely N-dealkylation sites (N-methyl/N-ethyl adjacent to an activating group) is 1. The Morgan fingerprint density at radius 1 is 1.33 bits per heavy atom. The molecule has 0 aromatic heterocycles. The van der Waals surface area contributed by atoms with Crippen LogP contribution in [0.15, 0.2) is 36.2 Å². The van der Waals surface area contributed by atoms with Gasteiger partial charge in [-0.2, -0.15) is 4.58 Å². The molecule has 0 spiro atoms. The Morgan fingerprint density at radius 2 is 2.08 bits per heavy atom. The molecule has 24 heavy (non-hydrogen) atoms. The third-order valence-electron chi connectivity index (χ3n) is 5.09. The lowest BCUT2D eigenvalue weighted by molar-refractivity contribution is -0.425. The predicted octanol–water partition coefficient (Wildman–Crippen LogP) is 3.24. The quantitative estimate of drug-likeness (QED) is 0.778. The summed E-state index contributed by atoms with van der Waals surface area (Å²) in [5.41, 5.74) is 3.39. The Bertz CT molecular complexity index is 716. The van der Waals surface area contributed by atoms with E-state index in [2.05, 4.69) is 54.5 Å². The lowest BCUT2D eigenvalue weighted by Crippen LogP contribution is -2.31. The number of Topliss-reactive ketones (excluding diaryl/α,β-unsaturated/α-hetero) is 1. The lowest BCUT2D eigenvalue weighted by atomic mass is 9.81. The van der Waals surface area contributed by atoms with Crippen molar-refractivity contribution in [2.45, 2.75) is 39.5 Å². The summed E-state index contributed by atoms with van der Waals surface area (Å²) in [5.74, 6) is 1.17. The van der Waals surface area contributed by atoms with Crippen molar-refractivity contribution in [2.75, 3.05) is 26.2 Å². The number of hydrogen-bond acceptors (Lipinski definition) is 3. The van der Waals surface area contributed by atoms with Crippen molar-refractivity contribution in [2.24, 2.45) is 0 Å². The molecule has 0 atom stereocenters. The second-order valence-electron chi connectivity index (χ2n) is 6.92. The van der Waals surface area contributed by atoms with Crippen molar-refractivity contribution in [1.82, 2.24) is 4.90 Å². The first-order valence-corrected chi connectivity index (χ1v) is 8.84. The summed E-state index contributed by atoms with van der Waals surface area (Å²) in [5, 5.41) is 0. The fourth-order valence-electron chi connectivity index (χ4n) is 3.59. The molecule has 0 aliphatic carbocycles. The standard InChI is InChI=1S/C20H27N2O2/c1-5-15(23)14-22-17-10-8-7-9-16(17)20(3,4)18(22)13-19-21(6-2)11-12-24-19/h7-10,13H,5-6,11-12,14H2,1-4H3/q+1. The molecular formula is C20H27N2O2+. The molecule has 0 unspecified atom stereocenters. The zero-order valence-electron chi connectivity index (χ0n) is 15.1. The van der Waals surface area contributed by atoms with Gasteiger partial charge in [0, 0.05) is 24.6 Å². The highest BCUT2D eigenvalue weighted by Crippen LogP contribution is 2.40. The van der Waals surface area contributed by atoms with Crippen LogP contribution in [0.5, 0.6) is 0 Å². The molecule has 1 fully saturated rings. The number of allylic oxidation sites excluding steroid dienone is 1. The average Bonchev–Trinajstić information content (AvgIpc) is 3.11. The Morgan fingerprint density at radius 3 is 2.79 bits per heavy atom. The van der Waals surface area contributed by atoms with Crippen LogP contribution in [0.1, 0.15) is 39.7 Å². The number of para-hydroxylation sites is 1. The first-order chi connectivity index (χ1) is 11.5. The van der Waals surface area contributed by atoms with E-state index in [4.69, 9.17) is 4.74 Å². The van der Waals surface area contributed by atoms with E-state index >= 15 is 0 Å². The Balaban J connectivity index is 2.12. The van der Waals surface area contributed by atoms with Gasteiger partial charge >= 0.3 is 0 Å². The third-order valence-corrected chi connectivity index (χ3v) is 5.09. The molecule has 2 aliphatic heterocycles. The second-order valence-corrected chi connectivity index (χ2v) is 6.92. The minimum atomic E-state index is -0.150. The summed E-state index contributed by atoms with van der Waals surface area (Å²) in [7, 11) is 0. The lowest BCUT2D eigenvalue weighted by Gasteiger charge is -2.18. The SMILES string of the molecule is CCC(=O)C[N+]1=C(/C=C2\OCCN2CC)C(C)(C)c2ccccc21. The van der Waals surface area contributed by atoms with Gasteiger partial charge in [-0.05, 0) is 20.8 Å². The second kappa shape index (κ2) is 6.42. The van der Waals surface area contributed by atoms with Crippen LogP contribution in [0.25, 0.3) is 0 Å². The normalized spacial score (nSPS) is 20.5. The van der Waals surface area contributed by atoms with Crippen LogP contribution in [-0.4, -0.2) is 47.2 Å². The zero-order chi connectivity index (χ0) is 17.3. The van der Waals surface area contributed by atoms with Crippen LogP contribution in [0.3, 0.4) is 0 Å². The maximum absolute atomic E-state index is 12.2. The minimum Gasteiger partial charge on any atom is -0.477 e. The molecule has 0 bridgehead atoms. The number of fused-ring (bicyclic) bond motifs is 1. The summed E-state index contributed by atoms with van der Waals surface area (Å²) in [6.45, 7) is 11.5. The molecule has 3 rings (SSSR count). The molecule has 1 saturated heterocycles. The number of carbonyl (C=O) groups is 1. The van der Waals surface area contributed by atoms with Gasteiger partial charge in [0.2, 0.25) is 12.2 Å². The van der Waals surface area contributed by atoms with Crippen LogP contribution < -0.4 is 0 Å². The Hall–Kier alpha value is -2.10. The Kier molecular flexibility index (Phi) is 4.48. The molecule has 2 heterocycles. The van der Waals surface area contributed by atoms with E-state index < -0.39 is 0 Å². The van der Waals surface area contributed by atoms with Gasteiger partial charge in [0.05, 0.1) is 18.0 Å². The molecule has 0 saturated carbocycles. The first kappa shape index (κ1) is 16.7. The maximum Gasteiger partial charge on any atom is 0.210 e. The van der Waals surface area contributed by atoms with Gasteiger partial charge in [-0.3, -0.25) is 4.79 Å². The topological polar surface area (TPSA) is 32.5 Å². The van der Waals surface area contributed by atoms with Crippen molar-refractivity contribution in [3.63, 3.8) is 0 Å². The minimum absolute atomic E-state index is 0.150. The first-order valence-electron chi connectivity index (χ1n) is 8.84. The third kappa shape index (κ3) is 2.74. The van der Waals surface area contributed by atoms with Gasteiger partial charge in [0.25, 0.3) is 0 Å². The summed E-state index contributed by atoms with van der Waals surface area (Å²) < 4.78 is 8.02. The van der Waals surface area contributed by atoms with Crippen LogP contribution in [0.2, 0.25) is 0 Å². The average molecular weight is 327 g/mol. The van der Waals surface area contributed by atoms with E-state index in [0.29, 0.717) is 13.0 Å². The highest BCUT2D eigenvalue weighted by Gasteiger charge is 2.45. The zero-order valence-corrected chi connectivity index (χ0v) is 15.1. The van der Waals surface area contributed by atoms with Crippen molar-refractivity contribution in [3.8, 4) is 0 Å². The van der Waals surface area contributed by atoms with E-state index in [1.54, 1.807) is 0 Å². The highest BCUT2D eigenvalue weighted by molar-refractivity contribution is 6.03. The van der Waals surface area contributed by atoms with Gasteiger partial charge in [0.1, 0.15) is 6.61 Å². The summed E-state index contributed by atoms with van der Waals surface area (Å²) >= 11 is 0. The summed E-state index contributed by atoms with van der Waals surface area (Å²) in [4.78, 5) is 14.4. The molecule has 128 valence electrons. The van der Waals surface area contributed by atoms with Crippen molar-refractivity contribution in [3.05, 3.63) is 41.8 Å². The molecule has 1 aromatic carbocycles. The number of rotatable bonds is 5. The van der Waals surface area contributed by atoms with E-state index in [1.807, 2.05) is 13.0 Å². The van der Waals surface area contributed by atoms with Crippen molar-refractivity contribution < 1.29 is 14.1 Å². The van der Waals surface area contributed by atoms with E-state index in [-0.39, 0.29) is 11.2 Å². The largest absolute Gasteiger partial charge is 0.477 e. The van der Waals surface area contributed by atoms with E-state index in [0.717, 1.165) is 37.0 Å². The molecule has 2 aliphatic rings. The maximum atomic E-state index is 12.2. The number of carbonyl (C=O) groups excluding carboxylic acids is 1. The van der Waals surface area contributed by atoms with Crippen molar-refractivity contribution >= 4 is 17.2 Å². The smallest absolute Gasteiger partial charge is 0.210 e.